The van der Waals surface area contributed by atoms with E-state index in [1.165, 1.54) is 41.9 Å². The fourth-order valence-corrected chi connectivity index (χ4v) is 4.18. The molecule has 5 nitrogen and oxygen atoms in total. The number of fused-ring (bicyclic) bond motifs is 1. The van der Waals surface area contributed by atoms with Gasteiger partial charge in [0, 0.05) is 11.4 Å². The first kappa shape index (κ1) is 22.2. The molecule has 2 aromatic heterocycles. The van der Waals surface area contributed by atoms with Crippen molar-refractivity contribution in [3.8, 4) is 11.5 Å². The second-order valence-corrected chi connectivity index (χ2v) is 8.17. The Labute approximate surface area is 190 Å². The first-order valence-corrected chi connectivity index (χ1v) is 10.8. The van der Waals surface area contributed by atoms with Crippen molar-refractivity contribution in [2.75, 3.05) is 5.32 Å². The molecule has 2 aromatic carbocycles. The molecule has 0 fully saturated rings. The van der Waals surface area contributed by atoms with Gasteiger partial charge in [0.25, 0.3) is 0 Å². The van der Waals surface area contributed by atoms with Crippen molar-refractivity contribution in [3.63, 3.8) is 0 Å². The zero-order valence-corrected chi connectivity index (χ0v) is 18.3. The average Bonchev–Trinajstić information content (AvgIpc) is 3.14. The molecule has 0 spiro atoms. The summed E-state index contributed by atoms with van der Waals surface area (Å²) in [6.45, 7) is 2.23. The molecular formula is C22H17ClF3N3O2S. The largest absolute Gasteiger partial charge is 0.573 e. The number of nitrogens with one attached hydrogen (secondary N) is 1. The van der Waals surface area contributed by atoms with Crippen LogP contribution in [0.1, 0.15) is 24.1 Å². The van der Waals surface area contributed by atoms with Crippen molar-refractivity contribution in [2.45, 2.75) is 25.9 Å². The molecule has 1 atom stereocenters. The lowest BCUT2D eigenvalue weighted by atomic mass is 10.1. The number of hydrogen-bond acceptors (Lipinski definition) is 6. The van der Waals surface area contributed by atoms with Gasteiger partial charge in [0.15, 0.2) is 0 Å². The smallest absolute Gasteiger partial charge is 0.489 e. The van der Waals surface area contributed by atoms with Crippen LogP contribution < -0.4 is 14.8 Å². The summed E-state index contributed by atoms with van der Waals surface area (Å²) in [4.78, 5) is 9.37. The van der Waals surface area contributed by atoms with Gasteiger partial charge in [0.1, 0.15) is 35.1 Å². The molecule has 4 rings (SSSR count). The second-order valence-electron chi connectivity index (χ2n) is 6.90. The van der Waals surface area contributed by atoms with Gasteiger partial charge in [-0.25, -0.2) is 9.97 Å². The maximum atomic E-state index is 12.2. The monoisotopic (exact) mass is 479 g/mol. The zero-order chi connectivity index (χ0) is 22.7. The maximum absolute atomic E-state index is 12.2. The third-order valence-corrected chi connectivity index (χ3v) is 5.93. The van der Waals surface area contributed by atoms with Crippen molar-refractivity contribution in [1.29, 1.82) is 0 Å². The SMILES string of the molecule is CC(Nc1ncnc2scc(Cl)c12)c1ccc(OCc2ccc(OC(F)(F)F)cc2)cc1. The highest BCUT2D eigenvalue weighted by Gasteiger charge is 2.30. The Kier molecular flexibility index (Phi) is 6.38. The van der Waals surface area contributed by atoms with E-state index in [0.717, 1.165) is 21.3 Å². The molecule has 1 N–H and O–H groups in total. The molecule has 4 aromatic rings. The minimum absolute atomic E-state index is 0.0423. The molecule has 32 heavy (non-hydrogen) atoms. The normalized spacial score (nSPS) is 12.5. The van der Waals surface area contributed by atoms with Crippen LogP contribution in [0.5, 0.6) is 11.5 Å². The van der Waals surface area contributed by atoms with Crippen LogP contribution in [0, 0.1) is 0 Å². The fraction of sp³-hybridized carbons (Fsp3) is 0.182. The summed E-state index contributed by atoms with van der Waals surface area (Å²) in [5.74, 6) is 1.05. The number of nitrogens with zero attached hydrogens (tertiary/aromatic N) is 2. The quantitative estimate of drug-likeness (QED) is 0.309. The molecule has 10 heteroatoms. The number of benzene rings is 2. The summed E-state index contributed by atoms with van der Waals surface area (Å²) in [7, 11) is 0. The van der Waals surface area contributed by atoms with Crippen LogP contribution in [-0.4, -0.2) is 16.3 Å². The Morgan fingerprint density at radius 2 is 1.72 bits per heavy atom. The van der Waals surface area contributed by atoms with Crippen molar-refractivity contribution in [3.05, 3.63) is 76.4 Å². The molecule has 0 amide bonds. The van der Waals surface area contributed by atoms with Gasteiger partial charge in [-0.3, -0.25) is 0 Å². The Morgan fingerprint density at radius 3 is 2.41 bits per heavy atom. The van der Waals surface area contributed by atoms with Gasteiger partial charge in [0.2, 0.25) is 0 Å². The van der Waals surface area contributed by atoms with Gasteiger partial charge in [-0.1, -0.05) is 35.9 Å². The van der Waals surface area contributed by atoms with Crippen LogP contribution in [0.25, 0.3) is 10.2 Å². The van der Waals surface area contributed by atoms with E-state index in [2.05, 4.69) is 20.0 Å². The summed E-state index contributed by atoms with van der Waals surface area (Å²) in [6.07, 6.45) is -3.20. The molecule has 0 saturated carbocycles. The van der Waals surface area contributed by atoms with E-state index in [9.17, 15) is 13.2 Å². The van der Waals surface area contributed by atoms with Gasteiger partial charge >= 0.3 is 6.36 Å². The summed E-state index contributed by atoms with van der Waals surface area (Å²) in [5.41, 5.74) is 1.74. The minimum atomic E-state index is -4.71. The number of thiophene rings is 1. The highest BCUT2D eigenvalue weighted by atomic mass is 35.5. The van der Waals surface area contributed by atoms with E-state index in [4.69, 9.17) is 16.3 Å². The summed E-state index contributed by atoms with van der Waals surface area (Å²) in [5, 5.41) is 6.61. The van der Waals surface area contributed by atoms with Gasteiger partial charge in [-0.2, -0.15) is 0 Å². The third kappa shape index (κ3) is 5.41. The predicted molar refractivity (Wildman–Crippen MR) is 118 cm³/mol. The molecule has 166 valence electrons. The van der Waals surface area contributed by atoms with Crippen LogP contribution in [0.2, 0.25) is 5.02 Å². The van der Waals surface area contributed by atoms with Crippen LogP contribution >= 0.6 is 22.9 Å². The lowest BCUT2D eigenvalue weighted by Crippen LogP contribution is -2.17. The summed E-state index contributed by atoms with van der Waals surface area (Å²) < 4.78 is 46.3. The van der Waals surface area contributed by atoms with Gasteiger partial charge in [-0.05, 0) is 42.3 Å². The van der Waals surface area contributed by atoms with Crippen molar-refractivity contribution in [1.82, 2.24) is 9.97 Å². The van der Waals surface area contributed by atoms with Crippen molar-refractivity contribution >= 4 is 39.0 Å². The molecule has 0 saturated heterocycles. The number of aromatic nitrogens is 2. The third-order valence-electron chi connectivity index (χ3n) is 4.62. The predicted octanol–water partition coefficient (Wildman–Crippen LogP) is 7.00. The topological polar surface area (TPSA) is 56.3 Å². The molecule has 0 radical (unpaired) electrons. The van der Waals surface area contributed by atoms with E-state index < -0.39 is 6.36 Å². The number of ether oxygens (including phenoxy) is 2. The molecule has 2 heterocycles. The van der Waals surface area contributed by atoms with Gasteiger partial charge in [-0.15, -0.1) is 24.5 Å². The van der Waals surface area contributed by atoms with Crippen molar-refractivity contribution in [2.24, 2.45) is 0 Å². The highest BCUT2D eigenvalue weighted by molar-refractivity contribution is 7.17. The number of halogens is 4. The number of anilines is 1. The average molecular weight is 480 g/mol. The van der Waals surface area contributed by atoms with Crippen molar-refractivity contribution < 1.29 is 22.6 Å². The Hall–Kier alpha value is -3.04. The Balaban J connectivity index is 1.36. The highest BCUT2D eigenvalue weighted by Crippen LogP contribution is 2.34. The molecule has 0 bridgehead atoms. The standard InChI is InChI=1S/C22H17ClF3N3O2S/c1-13(29-20-19-18(23)11-32-21(19)28-12-27-20)15-4-8-16(9-5-15)30-10-14-2-6-17(7-3-14)31-22(24,25)26/h2-9,11-13H,10H2,1H3,(H,27,28,29). The van der Waals surface area contributed by atoms with Crippen LogP contribution in [0.4, 0.5) is 19.0 Å². The van der Waals surface area contributed by atoms with E-state index in [1.807, 2.05) is 36.6 Å². The second kappa shape index (κ2) is 9.22. The molecule has 1 unspecified atom stereocenters. The lowest BCUT2D eigenvalue weighted by Gasteiger charge is -2.16. The summed E-state index contributed by atoms with van der Waals surface area (Å²) >= 11 is 7.73. The molecule has 0 aliphatic rings. The first-order valence-electron chi connectivity index (χ1n) is 9.50. The lowest BCUT2D eigenvalue weighted by molar-refractivity contribution is -0.274. The van der Waals surface area contributed by atoms with Gasteiger partial charge in [0.05, 0.1) is 10.4 Å². The minimum Gasteiger partial charge on any atom is -0.489 e. The van der Waals surface area contributed by atoms with Crippen LogP contribution in [0.3, 0.4) is 0 Å². The number of alkyl halides is 3. The zero-order valence-electron chi connectivity index (χ0n) is 16.7. The van der Waals surface area contributed by atoms with Crippen LogP contribution in [0.15, 0.2) is 60.2 Å². The Morgan fingerprint density at radius 1 is 1.03 bits per heavy atom. The molecular weight excluding hydrogens is 463 g/mol. The number of hydrogen-bond donors (Lipinski definition) is 1. The number of rotatable bonds is 7. The molecule has 0 aliphatic carbocycles. The Bertz CT molecular complexity index is 1200. The van der Waals surface area contributed by atoms with E-state index in [-0.39, 0.29) is 18.4 Å². The summed E-state index contributed by atoms with van der Waals surface area (Å²) in [6, 6.07) is 13.1. The first-order chi connectivity index (χ1) is 15.3. The van der Waals surface area contributed by atoms with E-state index in [1.54, 1.807) is 0 Å². The molecule has 0 aliphatic heterocycles. The maximum Gasteiger partial charge on any atom is 0.573 e. The fourth-order valence-electron chi connectivity index (χ4n) is 3.05. The van der Waals surface area contributed by atoms with E-state index >= 15 is 0 Å². The van der Waals surface area contributed by atoms with E-state index in [0.29, 0.717) is 16.6 Å². The van der Waals surface area contributed by atoms with Crippen LogP contribution in [-0.2, 0) is 6.61 Å². The van der Waals surface area contributed by atoms with Gasteiger partial charge < -0.3 is 14.8 Å².